The van der Waals surface area contributed by atoms with Crippen LogP contribution in [0.5, 0.6) is 0 Å². The van der Waals surface area contributed by atoms with Crippen LogP contribution < -0.4 is 11.1 Å². The summed E-state index contributed by atoms with van der Waals surface area (Å²) in [6.07, 6.45) is 2.49. The zero-order valence-corrected chi connectivity index (χ0v) is 17.0. The second kappa shape index (κ2) is 7.61. The summed E-state index contributed by atoms with van der Waals surface area (Å²) in [5.41, 5.74) is 6.69. The lowest BCUT2D eigenvalue weighted by atomic mass is 9.88. The van der Waals surface area contributed by atoms with Crippen molar-refractivity contribution < 1.29 is 18.0 Å². The van der Waals surface area contributed by atoms with Crippen molar-refractivity contribution in [2.75, 3.05) is 11.1 Å². The van der Waals surface area contributed by atoms with Gasteiger partial charge in [0.2, 0.25) is 5.91 Å². The highest BCUT2D eigenvalue weighted by Gasteiger charge is 2.28. The molecule has 0 radical (unpaired) electrons. The number of primary amides is 1. The van der Waals surface area contributed by atoms with Gasteiger partial charge in [-0.25, -0.2) is 8.42 Å². The van der Waals surface area contributed by atoms with Crippen molar-refractivity contribution in [3.05, 3.63) is 45.3 Å². The molecule has 2 aromatic rings. The third-order valence-corrected chi connectivity index (χ3v) is 7.56. The molecule has 0 saturated carbocycles. The Hall–Kier alpha value is -1.90. The lowest BCUT2D eigenvalue weighted by molar-refractivity contribution is -0.113. The van der Waals surface area contributed by atoms with Gasteiger partial charge in [-0.2, -0.15) is 0 Å². The second-order valence-electron chi connectivity index (χ2n) is 6.68. The number of benzene rings is 1. The first-order valence-corrected chi connectivity index (χ1v) is 11.2. The van der Waals surface area contributed by atoms with E-state index >= 15 is 0 Å². The molecule has 3 rings (SSSR count). The Labute approximate surface area is 166 Å². The lowest BCUT2D eigenvalue weighted by Crippen LogP contribution is -2.24. The molecule has 0 aliphatic heterocycles. The van der Waals surface area contributed by atoms with Crippen LogP contribution in [-0.4, -0.2) is 26.0 Å². The number of rotatable bonds is 5. The third kappa shape index (κ3) is 4.34. The Kier molecular flexibility index (Phi) is 5.60. The molecule has 6 nitrogen and oxygen atoms in total. The summed E-state index contributed by atoms with van der Waals surface area (Å²) in [5, 5.41) is 3.31. The Balaban J connectivity index is 1.82. The van der Waals surface area contributed by atoms with Gasteiger partial charge < -0.3 is 11.1 Å². The van der Waals surface area contributed by atoms with Gasteiger partial charge in [0.15, 0.2) is 9.84 Å². The highest BCUT2D eigenvalue weighted by molar-refractivity contribution is 7.92. The first-order chi connectivity index (χ1) is 12.7. The van der Waals surface area contributed by atoms with Gasteiger partial charge in [-0.05, 0) is 55.0 Å². The number of anilines is 1. The number of nitrogens with two attached hydrogens (primary N) is 1. The van der Waals surface area contributed by atoms with Crippen molar-refractivity contribution in [3.63, 3.8) is 0 Å². The largest absolute Gasteiger partial charge is 0.365 e. The van der Waals surface area contributed by atoms with E-state index in [2.05, 4.69) is 12.2 Å². The zero-order valence-electron chi connectivity index (χ0n) is 14.6. The molecule has 27 heavy (non-hydrogen) atoms. The summed E-state index contributed by atoms with van der Waals surface area (Å²) in [6.45, 7) is 2.13. The molecule has 1 unspecified atom stereocenters. The molecule has 1 aromatic heterocycles. The molecular weight excluding hydrogens is 408 g/mol. The maximum Gasteiger partial charge on any atom is 0.251 e. The predicted octanol–water partition coefficient (Wildman–Crippen LogP) is 3.04. The van der Waals surface area contributed by atoms with E-state index in [0.717, 1.165) is 29.7 Å². The monoisotopic (exact) mass is 426 g/mol. The van der Waals surface area contributed by atoms with E-state index in [1.165, 1.54) is 35.6 Å². The lowest BCUT2D eigenvalue weighted by Gasteiger charge is -2.18. The van der Waals surface area contributed by atoms with Crippen LogP contribution >= 0.6 is 22.9 Å². The number of hydrogen-bond acceptors (Lipinski definition) is 5. The number of sulfone groups is 1. The van der Waals surface area contributed by atoms with E-state index in [-0.39, 0.29) is 4.90 Å². The third-order valence-electron chi connectivity index (χ3n) is 4.50. The average Bonchev–Trinajstić information content (AvgIpc) is 2.91. The average molecular weight is 427 g/mol. The van der Waals surface area contributed by atoms with Crippen molar-refractivity contribution in [1.82, 2.24) is 0 Å². The van der Waals surface area contributed by atoms with Crippen molar-refractivity contribution in [2.45, 2.75) is 31.1 Å². The minimum atomic E-state index is -3.82. The Bertz CT molecular complexity index is 997. The number of hydrogen-bond donors (Lipinski definition) is 2. The van der Waals surface area contributed by atoms with Gasteiger partial charge in [-0.15, -0.1) is 11.3 Å². The van der Waals surface area contributed by atoms with Crippen LogP contribution in [0, 0.1) is 5.92 Å². The van der Waals surface area contributed by atoms with E-state index < -0.39 is 27.4 Å². The van der Waals surface area contributed by atoms with Gasteiger partial charge in [-0.1, -0.05) is 18.5 Å². The molecule has 2 amide bonds. The smallest absolute Gasteiger partial charge is 0.251 e. The van der Waals surface area contributed by atoms with Crippen molar-refractivity contribution >= 4 is 49.6 Å². The van der Waals surface area contributed by atoms with Gasteiger partial charge in [-0.3, -0.25) is 9.59 Å². The quantitative estimate of drug-likeness (QED) is 0.766. The normalized spacial score (nSPS) is 16.6. The van der Waals surface area contributed by atoms with E-state index in [1.807, 2.05) is 0 Å². The molecule has 0 bridgehead atoms. The number of carbonyl (C=O) groups excluding carboxylic acids is 2. The number of carbonyl (C=O) groups is 2. The number of amides is 2. The van der Waals surface area contributed by atoms with Crippen molar-refractivity contribution in [3.8, 4) is 0 Å². The number of halogens is 1. The molecule has 1 aliphatic carbocycles. The maximum absolute atomic E-state index is 12.4. The molecule has 1 aromatic carbocycles. The molecule has 0 fully saturated rings. The summed E-state index contributed by atoms with van der Waals surface area (Å²) in [5.74, 6) is -1.56. The fraction of sp³-hybridized carbons (Fsp3) is 0.333. The van der Waals surface area contributed by atoms with Gasteiger partial charge in [0, 0.05) is 9.90 Å². The van der Waals surface area contributed by atoms with Gasteiger partial charge >= 0.3 is 0 Å². The van der Waals surface area contributed by atoms with Gasteiger partial charge in [0.1, 0.15) is 10.8 Å². The van der Waals surface area contributed by atoms with Crippen LogP contribution in [0.15, 0.2) is 29.2 Å². The molecule has 3 N–H and O–H groups in total. The van der Waals surface area contributed by atoms with Crippen LogP contribution in [0.4, 0.5) is 5.00 Å². The first kappa shape index (κ1) is 19.9. The fourth-order valence-electron chi connectivity index (χ4n) is 3.16. The number of fused-ring (bicyclic) bond motifs is 1. The Morgan fingerprint density at radius 1 is 1.30 bits per heavy atom. The standard InChI is InChI=1S/C18H19ClN2O4S2/c1-10-2-7-13-14(8-10)26-18(16(13)17(20)23)21-15(22)9-27(24,25)12-5-3-11(19)4-6-12/h3-6,10H,2,7-9H2,1H3,(H2,20,23)(H,21,22). The molecule has 144 valence electrons. The first-order valence-electron chi connectivity index (χ1n) is 8.40. The van der Waals surface area contributed by atoms with Crippen LogP contribution in [0.25, 0.3) is 0 Å². The van der Waals surface area contributed by atoms with Gasteiger partial charge in [0.05, 0.1) is 10.5 Å². The number of thiophene rings is 1. The van der Waals surface area contributed by atoms with E-state index in [4.69, 9.17) is 17.3 Å². The summed E-state index contributed by atoms with van der Waals surface area (Å²) >= 11 is 7.07. The Morgan fingerprint density at radius 3 is 2.59 bits per heavy atom. The highest BCUT2D eigenvalue weighted by Crippen LogP contribution is 2.39. The fourth-order valence-corrected chi connectivity index (χ4v) is 5.85. The Morgan fingerprint density at radius 2 is 1.96 bits per heavy atom. The predicted molar refractivity (Wildman–Crippen MR) is 106 cm³/mol. The van der Waals surface area contributed by atoms with Crippen molar-refractivity contribution in [2.24, 2.45) is 11.7 Å². The summed E-state index contributed by atoms with van der Waals surface area (Å²) in [6, 6.07) is 5.61. The minimum absolute atomic E-state index is 0.0106. The minimum Gasteiger partial charge on any atom is -0.365 e. The van der Waals surface area contributed by atoms with Crippen LogP contribution in [0.1, 0.15) is 34.1 Å². The molecule has 1 atom stereocenters. The van der Waals surface area contributed by atoms with E-state index in [0.29, 0.717) is 21.5 Å². The molecule has 0 saturated heterocycles. The van der Waals surface area contributed by atoms with Crippen LogP contribution in [-0.2, 0) is 27.5 Å². The summed E-state index contributed by atoms with van der Waals surface area (Å²) in [4.78, 5) is 25.3. The maximum atomic E-state index is 12.4. The van der Waals surface area contributed by atoms with Crippen LogP contribution in [0.3, 0.4) is 0 Å². The SMILES string of the molecule is CC1CCc2c(sc(NC(=O)CS(=O)(=O)c3ccc(Cl)cc3)c2C(N)=O)C1. The molecule has 1 aliphatic rings. The summed E-state index contributed by atoms with van der Waals surface area (Å²) < 4.78 is 24.8. The molecule has 0 spiro atoms. The molecule has 1 heterocycles. The van der Waals surface area contributed by atoms with E-state index in [1.54, 1.807) is 0 Å². The van der Waals surface area contributed by atoms with E-state index in [9.17, 15) is 18.0 Å². The number of nitrogens with one attached hydrogen (secondary N) is 1. The second-order valence-corrected chi connectivity index (χ2v) is 10.2. The highest BCUT2D eigenvalue weighted by atomic mass is 35.5. The van der Waals surface area contributed by atoms with Gasteiger partial charge in [0.25, 0.3) is 5.91 Å². The molecule has 9 heteroatoms. The topological polar surface area (TPSA) is 106 Å². The molecular formula is C18H19ClN2O4S2. The zero-order chi connectivity index (χ0) is 19.8. The summed E-state index contributed by atoms with van der Waals surface area (Å²) in [7, 11) is -3.82. The van der Waals surface area contributed by atoms with Crippen molar-refractivity contribution in [1.29, 1.82) is 0 Å². The van der Waals surface area contributed by atoms with Crippen LogP contribution in [0.2, 0.25) is 5.02 Å².